The molecule has 0 aromatic heterocycles. The summed E-state index contributed by atoms with van der Waals surface area (Å²) < 4.78 is 24.7. The largest absolute Gasteiger partial charge is 0.351 e. The molecule has 6 heteroatoms. The molecule has 0 fully saturated rings. The number of hydrogen-bond donors (Lipinski definition) is 2. The van der Waals surface area contributed by atoms with Crippen molar-refractivity contribution in [3.8, 4) is 0 Å². The monoisotopic (exact) mass is 346 g/mol. The number of amides is 1. The van der Waals surface area contributed by atoms with Crippen LogP contribution in [0.3, 0.4) is 0 Å². The molecule has 0 aliphatic heterocycles. The lowest BCUT2D eigenvalue weighted by Gasteiger charge is -2.16. The molecule has 0 aliphatic carbocycles. The third-order valence-electron chi connectivity index (χ3n) is 3.72. The van der Waals surface area contributed by atoms with Crippen LogP contribution < -0.4 is 10.0 Å². The Labute approximate surface area is 143 Å². The number of hydrogen-bond acceptors (Lipinski definition) is 3. The smallest absolute Gasteiger partial charge is 0.251 e. The molecule has 2 rings (SSSR count). The predicted octanol–water partition coefficient (Wildman–Crippen LogP) is 2.98. The molecule has 1 atom stereocenters. The van der Waals surface area contributed by atoms with Gasteiger partial charge in [-0.25, -0.2) is 8.42 Å². The van der Waals surface area contributed by atoms with Gasteiger partial charge in [0, 0.05) is 23.7 Å². The van der Waals surface area contributed by atoms with E-state index in [4.69, 9.17) is 0 Å². The zero-order valence-corrected chi connectivity index (χ0v) is 14.6. The standard InChI is InChI=1S/C18H22N2O3S/c1-3-14(15-7-5-4-6-8-15)13-19-18(21)16-9-11-17(12-10-16)20-24(2,22)23/h4-12,14,20H,3,13H2,1-2H3,(H,19,21). The van der Waals surface area contributed by atoms with Crippen LogP contribution in [-0.4, -0.2) is 27.1 Å². The summed E-state index contributed by atoms with van der Waals surface area (Å²) in [5.41, 5.74) is 2.13. The quantitative estimate of drug-likeness (QED) is 0.809. The minimum absolute atomic E-state index is 0.171. The molecule has 2 aromatic carbocycles. The molecule has 0 bridgehead atoms. The molecule has 2 N–H and O–H groups in total. The first-order chi connectivity index (χ1) is 11.4. The lowest BCUT2D eigenvalue weighted by molar-refractivity contribution is 0.0951. The first-order valence-electron chi connectivity index (χ1n) is 7.80. The van der Waals surface area contributed by atoms with Gasteiger partial charge in [0.05, 0.1) is 6.26 Å². The second-order valence-electron chi connectivity index (χ2n) is 5.68. The summed E-state index contributed by atoms with van der Waals surface area (Å²) in [5.74, 6) is 0.0941. The molecule has 1 unspecified atom stereocenters. The van der Waals surface area contributed by atoms with Gasteiger partial charge in [0.25, 0.3) is 5.91 Å². The Bertz CT molecular complexity index is 772. The van der Waals surface area contributed by atoms with Crippen LogP contribution in [0, 0.1) is 0 Å². The fourth-order valence-corrected chi connectivity index (χ4v) is 3.01. The van der Waals surface area contributed by atoms with Gasteiger partial charge in [-0.2, -0.15) is 0 Å². The van der Waals surface area contributed by atoms with Crippen LogP contribution in [-0.2, 0) is 10.0 Å². The number of rotatable bonds is 7. The van der Waals surface area contributed by atoms with E-state index >= 15 is 0 Å². The molecule has 0 saturated carbocycles. The summed E-state index contributed by atoms with van der Waals surface area (Å²) >= 11 is 0. The Balaban J connectivity index is 1.97. The molecule has 0 heterocycles. The number of sulfonamides is 1. The van der Waals surface area contributed by atoms with Crippen LogP contribution in [0.1, 0.15) is 35.2 Å². The van der Waals surface area contributed by atoms with E-state index in [1.54, 1.807) is 24.3 Å². The summed E-state index contributed by atoms with van der Waals surface area (Å²) in [6, 6.07) is 16.4. The third-order valence-corrected chi connectivity index (χ3v) is 4.33. The Kier molecular flexibility index (Phi) is 5.98. The second kappa shape index (κ2) is 7.97. The zero-order valence-electron chi connectivity index (χ0n) is 13.8. The van der Waals surface area contributed by atoms with Gasteiger partial charge >= 0.3 is 0 Å². The normalized spacial score (nSPS) is 12.4. The summed E-state index contributed by atoms with van der Waals surface area (Å²) in [4.78, 5) is 12.2. The summed E-state index contributed by atoms with van der Waals surface area (Å²) in [6.45, 7) is 2.65. The molecule has 1 amide bonds. The van der Waals surface area contributed by atoms with E-state index in [-0.39, 0.29) is 11.8 Å². The van der Waals surface area contributed by atoms with Gasteiger partial charge in [0.15, 0.2) is 0 Å². The van der Waals surface area contributed by atoms with Crippen molar-refractivity contribution in [2.75, 3.05) is 17.5 Å². The minimum atomic E-state index is -3.32. The fraction of sp³-hybridized carbons (Fsp3) is 0.278. The molecule has 0 aliphatic rings. The van der Waals surface area contributed by atoms with Crippen molar-refractivity contribution in [1.82, 2.24) is 5.32 Å². The highest BCUT2D eigenvalue weighted by Crippen LogP contribution is 2.18. The first-order valence-corrected chi connectivity index (χ1v) is 9.69. The number of nitrogens with one attached hydrogen (secondary N) is 2. The highest BCUT2D eigenvalue weighted by atomic mass is 32.2. The summed E-state index contributed by atoms with van der Waals surface area (Å²) in [5, 5.41) is 2.94. The first kappa shape index (κ1) is 18.0. The number of anilines is 1. The number of carbonyl (C=O) groups excluding carboxylic acids is 1. The molecule has 0 spiro atoms. The van der Waals surface area contributed by atoms with Gasteiger partial charge in [0.1, 0.15) is 0 Å². The maximum absolute atomic E-state index is 12.2. The topological polar surface area (TPSA) is 75.3 Å². The van der Waals surface area contributed by atoms with E-state index in [0.29, 0.717) is 17.8 Å². The van der Waals surface area contributed by atoms with Gasteiger partial charge in [0.2, 0.25) is 10.0 Å². The zero-order chi connectivity index (χ0) is 17.6. The van der Waals surface area contributed by atoms with Gasteiger partial charge in [-0.15, -0.1) is 0 Å². The van der Waals surface area contributed by atoms with Gasteiger partial charge < -0.3 is 5.32 Å². The van der Waals surface area contributed by atoms with Gasteiger partial charge in [-0.3, -0.25) is 9.52 Å². The van der Waals surface area contributed by atoms with Crippen molar-refractivity contribution in [3.05, 3.63) is 65.7 Å². The minimum Gasteiger partial charge on any atom is -0.351 e. The lowest BCUT2D eigenvalue weighted by atomic mass is 9.96. The van der Waals surface area contributed by atoms with Crippen molar-refractivity contribution in [2.24, 2.45) is 0 Å². The molecule has 2 aromatic rings. The average molecular weight is 346 g/mol. The highest BCUT2D eigenvalue weighted by Gasteiger charge is 2.12. The molecule has 128 valence electrons. The summed E-state index contributed by atoms with van der Waals surface area (Å²) in [6.07, 6.45) is 2.02. The number of carbonyl (C=O) groups is 1. The highest BCUT2D eigenvalue weighted by molar-refractivity contribution is 7.92. The molecular formula is C18H22N2O3S. The van der Waals surface area contributed by atoms with Gasteiger partial charge in [-0.1, -0.05) is 37.3 Å². The molecular weight excluding hydrogens is 324 g/mol. The Morgan fingerprint density at radius 3 is 2.21 bits per heavy atom. The van der Waals surface area contributed by atoms with Crippen molar-refractivity contribution >= 4 is 21.6 Å². The molecule has 24 heavy (non-hydrogen) atoms. The lowest BCUT2D eigenvalue weighted by Crippen LogP contribution is -2.28. The van der Waals surface area contributed by atoms with Crippen molar-refractivity contribution in [3.63, 3.8) is 0 Å². The van der Waals surface area contributed by atoms with E-state index in [1.807, 2.05) is 18.2 Å². The Morgan fingerprint density at radius 2 is 1.67 bits per heavy atom. The van der Waals surface area contributed by atoms with E-state index in [2.05, 4.69) is 29.1 Å². The van der Waals surface area contributed by atoms with E-state index in [0.717, 1.165) is 12.7 Å². The molecule has 5 nitrogen and oxygen atoms in total. The molecule has 0 saturated heterocycles. The maximum Gasteiger partial charge on any atom is 0.251 e. The summed E-state index contributed by atoms with van der Waals surface area (Å²) in [7, 11) is -3.32. The van der Waals surface area contributed by atoms with Crippen molar-refractivity contribution < 1.29 is 13.2 Å². The number of benzene rings is 2. The van der Waals surface area contributed by atoms with Gasteiger partial charge in [-0.05, 0) is 36.2 Å². The van der Waals surface area contributed by atoms with E-state index in [9.17, 15) is 13.2 Å². The van der Waals surface area contributed by atoms with Crippen molar-refractivity contribution in [1.29, 1.82) is 0 Å². The molecule has 0 radical (unpaired) electrons. The maximum atomic E-state index is 12.2. The Hall–Kier alpha value is -2.34. The van der Waals surface area contributed by atoms with Crippen LogP contribution in [0.15, 0.2) is 54.6 Å². The SMILES string of the molecule is CCC(CNC(=O)c1ccc(NS(C)(=O)=O)cc1)c1ccccc1. The fourth-order valence-electron chi connectivity index (χ4n) is 2.44. The van der Waals surface area contributed by atoms with Crippen molar-refractivity contribution in [2.45, 2.75) is 19.3 Å². The van der Waals surface area contributed by atoms with E-state index in [1.165, 1.54) is 5.56 Å². The van der Waals surface area contributed by atoms with Crippen LogP contribution in [0.25, 0.3) is 0 Å². The van der Waals surface area contributed by atoms with Crippen LogP contribution >= 0.6 is 0 Å². The van der Waals surface area contributed by atoms with Crippen LogP contribution in [0.5, 0.6) is 0 Å². The Morgan fingerprint density at radius 1 is 1.04 bits per heavy atom. The van der Waals surface area contributed by atoms with Crippen LogP contribution in [0.4, 0.5) is 5.69 Å². The average Bonchev–Trinajstić information content (AvgIpc) is 2.55. The predicted molar refractivity (Wildman–Crippen MR) is 96.7 cm³/mol. The second-order valence-corrected chi connectivity index (χ2v) is 7.43. The van der Waals surface area contributed by atoms with E-state index < -0.39 is 10.0 Å². The third kappa shape index (κ3) is 5.38. The van der Waals surface area contributed by atoms with Crippen LogP contribution in [0.2, 0.25) is 0 Å².